The molecule has 0 aliphatic carbocycles. The molecule has 2 aromatic rings. The number of carboxylic acids is 2. The lowest BCUT2D eigenvalue weighted by Gasteiger charge is -2.11. The number of aromatic nitrogens is 1. The smallest absolute Gasteiger partial charge is 0.326 e. The Bertz CT molecular complexity index is 941. The maximum absolute atomic E-state index is 12.2. The summed E-state index contributed by atoms with van der Waals surface area (Å²) < 4.78 is 26.7. The predicted octanol–water partition coefficient (Wildman–Crippen LogP) is 0.530. The molecule has 0 aliphatic rings. The van der Waals surface area contributed by atoms with Crippen molar-refractivity contribution in [2.75, 3.05) is 4.72 Å². The molecule has 0 radical (unpaired) electrons. The monoisotopic (exact) mass is 413 g/mol. The van der Waals surface area contributed by atoms with E-state index in [2.05, 4.69) is 15.0 Å². The molecule has 0 saturated heterocycles. The van der Waals surface area contributed by atoms with Crippen molar-refractivity contribution in [1.82, 2.24) is 10.3 Å². The van der Waals surface area contributed by atoms with Crippen LogP contribution in [0.15, 0.2) is 40.6 Å². The Labute approximate surface area is 157 Å². The van der Waals surface area contributed by atoms with E-state index in [9.17, 15) is 22.8 Å². The summed E-state index contributed by atoms with van der Waals surface area (Å²) in [5.74, 6) is -3.58. The van der Waals surface area contributed by atoms with Gasteiger partial charge in [-0.25, -0.2) is 18.2 Å². The van der Waals surface area contributed by atoms with Gasteiger partial charge in [-0.2, -0.15) is 0 Å². The molecule has 1 amide bonds. The zero-order valence-corrected chi connectivity index (χ0v) is 15.3. The number of carbonyl (C=O) groups excluding carboxylic acids is 1. The molecule has 27 heavy (non-hydrogen) atoms. The van der Waals surface area contributed by atoms with Crippen LogP contribution in [0.5, 0.6) is 0 Å². The van der Waals surface area contributed by atoms with E-state index in [1.54, 1.807) is 18.2 Å². The fraction of sp³-hybridized carbons (Fsp3) is 0.200. The molecule has 12 heteroatoms. The number of rotatable bonds is 9. The van der Waals surface area contributed by atoms with Gasteiger partial charge in [0.2, 0.25) is 5.91 Å². The molecule has 0 aliphatic heterocycles. The quantitative estimate of drug-likeness (QED) is 0.462. The van der Waals surface area contributed by atoms with Crippen molar-refractivity contribution in [1.29, 1.82) is 0 Å². The molecule has 144 valence electrons. The molecular formula is C15H15N3O7S2. The van der Waals surface area contributed by atoms with Crippen LogP contribution in [-0.4, -0.2) is 47.5 Å². The van der Waals surface area contributed by atoms with E-state index in [0.717, 1.165) is 11.3 Å². The van der Waals surface area contributed by atoms with Crippen LogP contribution >= 0.6 is 11.3 Å². The molecule has 1 aromatic carbocycles. The third-order valence-corrected chi connectivity index (χ3v) is 5.47. The van der Waals surface area contributed by atoms with Gasteiger partial charge in [-0.1, -0.05) is 18.2 Å². The number of hydrogen-bond donors (Lipinski definition) is 4. The van der Waals surface area contributed by atoms with Crippen molar-refractivity contribution in [3.8, 4) is 0 Å². The molecule has 0 spiro atoms. The van der Waals surface area contributed by atoms with E-state index in [1.165, 1.54) is 17.5 Å². The third kappa shape index (κ3) is 6.04. The molecule has 1 aromatic heterocycles. The molecule has 1 atom stereocenters. The third-order valence-electron chi connectivity index (χ3n) is 3.18. The topological polar surface area (TPSA) is 163 Å². The maximum atomic E-state index is 12.2. The molecule has 10 nitrogen and oxygen atoms in total. The van der Waals surface area contributed by atoms with Crippen LogP contribution in [0.25, 0.3) is 0 Å². The standard InChI is InChI=1S/C15H15N3O7S2/c19-12(17-11(14(22)23)7-13(20)21)6-9-8-26-15(16-9)18-27(24,25)10-4-2-1-3-5-10/h1-5,8,11H,6-7H2,(H,16,18)(H,17,19)(H,20,21)(H,22,23). The van der Waals surface area contributed by atoms with Crippen molar-refractivity contribution >= 4 is 44.3 Å². The zero-order chi connectivity index (χ0) is 20.0. The number of nitrogens with one attached hydrogen (secondary N) is 2. The highest BCUT2D eigenvalue weighted by Gasteiger charge is 2.23. The summed E-state index contributed by atoms with van der Waals surface area (Å²) in [5, 5.41) is 21.1. The van der Waals surface area contributed by atoms with Gasteiger partial charge in [-0.05, 0) is 12.1 Å². The minimum Gasteiger partial charge on any atom is -0.481 e. The first kappa shape index (κ1) is 20.3. The summed E-state index contributed by atoms with van der Waals surface area (Å²) in [6.07, 6.45) is -1.09. The first-order valence-electron chi connectivity index (χ1n) is 7.43. The summed E-state index contributed by atoms with van der Waals surface area (Å²) in [7, 11) is -3.82. The zero-order valence-electron chi connectivity index (χ0n) is 13.7. The first-order valence-corrected chi connectivity index (χ1v) is 9.80. The van der Waals surface area contributed by atoms with Crippen LogP contribution in [0.2, 0.25) is 0 Å². The largest absolute Gasteiger partial charge is 0.481 e. The lowest BCUT2D eigenvalue weighted by molar-refractivity contribution is -0.147. The number of anilines is 1. The summed E-state index contributed by atoms with van der Waals surface area (Å²) in [4.78, 5) is 37.5. The van der Waals surface area contributed by atoms with Crippen molar-refractivity contribution in [3.05, 3.63) is 41.4 Å². The number of nitrogens with zero attached hydrogens (tertiary/aromatic N) is 1. The molecule has 0 fully saturated rings. The van der Waals surface area contributed by atoms with E-state index < -0.39 is 40.3 Å². The van der Waals surface area contributed by atoms with Crippen molar-refractivity contribution < 1.29 is 33.0 Å². The Kier molecular flexibility index (Phi) is 6.47. The van der Waals surface area contributed by atoms with Crippen LogP contribution in [0.3, 0.4) is 0 Å². The fourth-order valence-corrected chi connectivity index (χ4v) is 3.98. The number of sulfonamides is 1. The SMILES string of the molecule is O=C(O)CC(NC(=O)Cc1csc(NS(=O)(=O)c2ccccc2)n1)C(=O)O. The van der Waals surface area contributed by atoms with E-state index in [4.69, 9.17) is 10.2 Å². The van der Waals surface area contributed by atoms with Gasteiger partial charge in [-0.3, -0.25) is 14.3 Å². The van der Waals surface area contributed by atoms with Crippen LogP contribution in [0.4, 0.5) is 5.13 Å². The molecule has 4 N–H and O–H groups in total. The summed E-state index contributed by atoms with van der Waals surface area (Å²) >= 11 is 0.957. The molecule has 0 saturated carbocycles. The van der Waals surface area contributed by atoms with E-state index >= 15 is 0 Å². The normalized spacial score (nSPS) is 12.1. The van der Waals surface area contributed by atoms with E-state index in [1.807, 2.05) is 0 Å². The highest BCUT2D eigenvalue weighted by molar-refractivity contribution is 7.93. The molecule has 2 rings (SSSR count). The summed E-state index contributed by atoms with van der Waals surface area (Å²) in [6, 6.07) is 6.08. The highest BCUT2D eigenvalue weighted by atomic mass is 32.2. The summed E-state index contributed by atoms with van der Waals surface area (Å²) in [6.45, 7) is 0. The maximum Gasteiger partial charge on any atom is 0.326 e. The van der Waals surface area contributed by atoms with Gasteiger partial charge in [0.05, 0.1) is 23.4 Å². The van der Waals surface area contributed by atoms with Crippen molar-refractivity contribution in [2.45, 2.75) is 23.8 Å². The minimum absolute atomic E-state index is 0.0435. The number of carboxylic acid groups (broad SMARTS) is 2. The number of benzene rings is 1. The van der Waals surface area contributed by atoms with Crippen molar-refractivity contribution in [3.63, 3.8) is 0 Å². The fourth-order valence-electron chi connectivity index (χ4n) is 1.99. The minimum atomic E-state index is -3.82. The number of aliphatic carboxylic acids is 2. The second-order valence-corrected chi connectivity index (χ2v) is 7.84. The number of amides is 1. The van der Waals surface area contributed by atoms with E-state index in [-0.39, 0.29) is 22.1 Å². The van der Waals surface area contributed by atoms with Gasteiger partial charge in [0.25, 0.3) is 10.0 Å². The lowest BCUT2D eigenvalue weighted by Crippen LogP contribution is -2.42. The number of carbonyl (C=O) groups is 3. The molecule has 0 bridgehead atoms. The Morgan fingerprint density at radius 1 is 1.15 bits per heavy atom. The number of thiazole rings is 1. The summed E-state index contributed by atoms with van der Waals surface area (Å²) in [5.41, 5.74) is 0.211. The molecule has 1 unspecified atom stereocenters. The Morgan fingerprint density at radius 2 is 1.81 bits per heavy atom. The first-order chi connectivity index (χ1) is 12.7. The van der Waals surface area contributed by atoms with E-state index in [0.29, 0.717) is 0 Å². The predicted molar refractivity (Wildman–Crippen MR) is 94.9 cm³/mol. The lowest BCUT2D eigenvalue weighted by atomic mass is 10.2. The Balaban J connectivity index is 2.00. The van der Waals surface area contributed by atoms with Crippen LogP contribution in [0.1, 0.15) is 12.1 Å². The van der Waals surface area contributed by atoms with Gasteiger partial charge in [0, 0.05) is 5.38 Å². The van der Waals surface area contributed by atoms with Gasteiger partial charge in [0.1, 0.15) is 6.04 Å². The van der Waals surface area contributed by atoms with Crippen molar-refractivity contribution in [2.24, 2.45) is 0 Å². The van der Waals surface area contributed by atoms with Crippen LogP contribution in [0, 0.1) is 0 Å². The van der Waals surface area contributed by atoms with Crippen LogP contribution in [-0.2, 0) is 30.8 Å². The van der Waals surface area contributed by atoms with Gasteiger partial charge in [0.15, 0.2) is 5.13 Å². The van der Waals surface area contributed by atoms with Gasteiger partial charge in [-0.15, -0.1) is 11.3 Å². The highest BCUT2D eigenvalue weighted by Crippen LogP contribution is 2.20. The average Bonchev–Trinajstić information content (AvgIpc) is 3.00. The molecule has 1 heterocycles. The Morgan fingerprint density at radius 3 is 2.41 bits per heavy atom. The second kappa shape index (κ2) is 8.60. The second-order valence-electron chi connectivity index (χ2n) is 5.30. The Hall–Kier alpha value is -2.99. The molecular weight excluding hydrogens is 398 g/mol. The van der Waals surface area contributed by atoms with Gasteiger partial charge < -0.3 is 15.5 Å². The average molecular weight is 413 g/mol. The van der Waals surface area contributed by atoms with Crippen LogP contribution < -0.4 is 10.0 Å². The number of hydrogen-bond acceptors (Lipinski definition) is 7. The van der Waals surface area contributed by atoms with Gasteiger partial charge >= 0.3 is 11.9 Å².